The molecule has 1 aliphatic carbocycles. The molecule has 0 fully saturated rings. The van der Waals surface area contributed by atoms with Crippen molar-refractivity contribution in [1.29, 1.82) is 0 Å². The van der Waals surface area contributed by atoms with Crippen LogP contribution in [0.15, 0.2) is 34.0 Å². The molecule has 2 aromatic heterocycles. The van der Waals surface area contributed by atoms with Gasteiger partial charge in [0.15, 0.2) is 6.29 Å². The maximum Gasteiger partial charge on any atom is 0.291 e. The molecule has 4 rings (SSSR count). The van der Waals surface area contributed by atoms with Crippen molar-refractivity contribution < 1.29 is 22.3 Å². The molecule has 0 saturated carbocycles. The summed E-state index contributed by atoms with van der Waals surface area (Å²) in [4.78, 5) is 14.9. The van der Waals surface area contributed by atoms with Gasteiger partial charge < -0.3 is 4.74 Å². The number of fused-ring (bicyclic) bond motifs is 1. The number of hydrogen-bond donors (Lipinski definition) is 0. The average molecular weight is 491 g/mol. The first kappa shape index (κ1) is 23.2. The predicted octanol–water partition coefficient (Wildman–Crippen LogP) is 3.68. The van der Waals surface area contributed by atoms with Crippen LogP contribution in [0.25, 0.3) is 0 Å². The van der Waals surface area contributed by atoms with E-state index in [2.05, 4.69) is 15.2 Å². The Hall–Kier alpha value is -2.92. The molecular weight excluding hydrogens is 467 g/mol. The Morgan fingerprint density at radius 2 is 2.00 bits per heavy atom. The Morgan fingerprint density at radius 1 is 1.24 bits per heavy atom. The lowest BCUT2D eigenvalue weighted by Gasteiger charge is -2.26. The number of halogens is 1. The molecule has 1 aliphatic rings. The van der Waals surface area contributed by atoms with E-state index >= 15 is 0 Å². The molecule has 0 unspecified atom stereocenters. The van der Waals surface area contributed by atoms with E-state index < -0.39 is 16.2 Å². The Labute approximate surface area is 195 Å². The molecule has 0 spiro atoms. The Morgan fingerprint density at radius 3 is 2.61 bits per heavy atom. The number of ether oxygens (including phenoxy) is 1. The number of hydrogen-bond acceptors (Lipinski definition) is 8. The zero-order chi connectivity index (χ0) is 23.6. The highest BCUT2D eigenvalue weighted by molar-refractivity contribution is 7.94. The summed E-state index contributed by atoms with van der Waals surface area (Å²) in [7, 11) is -4.11. The number of sulfonamides is 1. The second-order valence-corrected chi connectivity index (χ2v) is 10.8. The minimum Gasteiger partial charge on any atom is -0.485 e. The predicted molar refractivity (Wildman–Crippen MR) is 122 cm³/mol. The molecule has 0 saturated heterocycles. The van der Waals surface area contributed by atoms with Crippen molar-refractivity contribution in [2.45, 2.75) is 50.2 Å². The number of aldehydes is 1. The van der Waals surface area contributed by atoms with Gasteiger partial charge in [-0.05, 0) is 68.5 Å². The molecule has 0 radical (unpaired) electrons. The highest BCUT2D eigenvalue weighted by Gasteiger charge is 2.32. The molecule has 0 bridgehead atoms. The highest BCUT2D eigenvalue weighted by Crippen LogP contribution is 2.39. The van der Waals surface area contributed by atoms with Gasteiger partial charge in [-0.25, -0.2) is 9.37 Å². The first-order valence-corrected chi connectivity index (χ1v) is 12.7. The largest absolute Gasteiger partial charge is 0.485 e. The Kier molecular flexibility index (Phi) is 6.71. The molecule has 11 heteroatoms. The van der Waals surface area contributed by atoms with Crippen molar-refractivity contribution in [3.8, 4) is 5.75 Å². The van der Waals surface area contributed by atoms with E-state index in [9.17, 15) is 17.6 Å². The van der Waals surface area contributed by atoms with Gasteiger partial charge in [0.25, 0.3) is 10.0 Å². The SMILES string of the molecule is Cc1csc(S(=O)(=O)N(C[C@H](C)F)c2cc3c(cc2OCc2ccc(C=O)nn2)CCC3)n1. The zero-order valence-corrected chi connectivity index (χ0v) is 19.8. The number of thiazole rings is 1. The third-order valence-corrected chi connectivity index (χ3v) is 8.34. The van der Waals surface area contributed by atoms with Gasteiger partial charge >= 0.3 is 0 Å². The van der Waals surface area contributed by atoms with E-state index in [0.29, 0.717) is 23.4 Å². The van der Waals surface area contributed by atoms with Crippen LogP contribution >= 0.6 is 11.3 Å². The van der Waals surface area contributed by atoms with Crippen LogP contribution in [0.1, 0.15) is 46.3 Å². The number of rotatable bonds is 9. The van der Waals surface area contributed by atoms with Gasteiger partial charge in [-0.15, -0.1) is 16.4 Å². The summed E-state index contributed by atoms with van der Waals surface area (Å²) < 4.78 is 48.1. The first-order chi connectivity index (χ1) is 15.8. The Balaban J connectivity index is 1.74. The minimum atomic E-state index is -4.11. The fraction of sp³-hybridized carbons (Fsp3) is 0.364. The second-order valence-electron chi connectivity index (χ2n) is 7.87. The van der Waals surface area contributed by atoms with Gasteiger partial charge in [-0.2, -0.15) is 13.5 Å². The molecule has 8 nitrogen and oxygen atoms in total. The number of carbonyl (C=O) groups is 1. The van der Waals surface area contributed by atoms with Crippen LogP contribution in [0.5, 0.6) is 5.75 Å². The van der Waals surface area contributed by atoms with Gasteiger partial charge in [-0.3, -0.25) is 9.10 Å². The van der Waals surface area contributed by atoms with E-state index in [0.717, 1.165) is 46.0 Å². The monoisotopic (exact) mass is 490 g/mol. The smallest absolute Gasteiger partial charge is 0.291 e. The van der Waals surface area contributed by atoms with E-state index in [1.165, 1.54) is 13.0 Å². The normalized spacial score (nSPS) is 14.0. The summed E-state index contributed by atoms with van der Waals surface area (Å²) >= 11 is 1.00. The number of benzene rings is 1. The van der Waals surface area contributed by atoms with E-state index in [1.807, 2.05) is 6.07 Å². The van der Waals surface area contributed by atoms with Crippen LogP contribution in [0, 0.1) is 6.92 Å². The number of aryl methyl sites for hydroxylation is 3. The quantitative estimate of drug-likeness (QED) is 0.422. The first-order valence-electron chi connectivity index (χ1n) is 10.4. The van der Waals surface area contributed by atoms with Gasteiger partial charge in [0, 0.05) is 11.1 Å². The fourth-order valence-corrected chi connectivity index (χ4v) is 6.33. The lowest BCUT2D eigenvalue weighted by atomic mass is 10.1. The molecule has 0 aliphatic heterocycles. The summed E-state index contributed by atoms with van der Waals surface area (Å²) in [6.07, 6.45) is 1.81. The maximum atomic E-state index is 14.2. The third kappa shape index (κ3) is 5.03. The molecule has 3 aromatic rings. The van der Waals surface area contributed by atoms with Crippen molar-refractivity contribution in [1.82, 2.24) is 15.2 Å². The molecule has 2 heterocycles. The van der Waals surface area contributed by atoms with Crippen LogP contribution in [0.4, 0.5) is 10.1 Å². The number of nitrogens with zero attached hydrogens (tertiary/aromatic N) is 4. The number of carbonyl (C=O) groups excluding carboxylic acids is 1. The summed E-state index contributed by atoms with van der Waals surface area (Å²) in [6, 6.07) is 6.73. The van der Waals surface area contributed by atoms with Crippen molar-refractivity contribution in [2.75, 3.05) is 10.8 Å². The fourth-order valence-electron chi connectivity index (χ4n) is 3.66. The summed E-state index contributed by atoms with van der Waals surface area (Å²) in [5, 5.41) is 9.38. The topological polar surface area (TPSA) is 102 Å². The number of aromatic nitrogens is 3. The van der Waals surface area contributed by atoms with E-state index in [1.54, 1.807) is 24.4 Å². The number of alkyl halides is 1. The molecule has 174 valence electrons. The van der Waals surface area contributed by atoms with Crippen molar-refractivity contribution >= 4 is 33.3 Å². The zero-order valence-electron chi connectivity index (χ0n) is 18.2. The minimum absolute atomic E-state index is 0.00729. The van der Waals surface area contributed by atoms with Gasteiger partial charge in [0.05, 0.1) is 12.2 Å². The molecule has 33 heavy (non-hydrogen) atoms. The third-order valence-electron chi connectivity index (χ3n) is 5.20. The molecular formula is C22H23FN4O4S2. The van der Waals surface area contributed by atoms with Crippen molar-refractivity contribution in [3.63, 3.8) is 0 Å². The molecule has 0 N–H and O–H groups in total. The average Bonchev–Trinajstić information content (AvgIpc) is 3.44. The summed E-state index contributed by atoms with van der Waals surface area (Å²) in [5.74, 6) is 0.314. The molecule has 1 atom stereocenters. The Bertz CT molecular complexity index is 1260. The van der Waals surface area contributed by atoms with Crippen LogP contribution in [0.2, 0.25) is 0 Å². The van der Waals surface area contributed by atoms with Crippen LogP contribution in [0.3, 0.4) is 0 Å². The lowest BCUT2D eigenvalue weighted by Crippen LogP contribution is -2.36. The lowest BCUT2D eigenvalue weighted by molar-refractivity contribution is 0.111. The van der Waals surface area contributed by atoms with Gasteiger partial charge in [-0.1, -0.05) is 0 Å². The van der Waals surface area contributed by atoms with Crippen LogP contribution in [-0.2, 0) is 29.5 Å². The van der Waals surface area contributed by atoms with Gasteiger partial charge in [0.1, 0.15) is 29.9 Å². The molecule has 0 amide bonds. The summed E-state index contributed by atoms with van der Waals surface area (Å²) in [5.41, 5.74) is 3.61. The van der Waals surface area contributed by atoms with Crippen molar-refractivity contribution in [2.24, 2.45) is 0 Å². The maximum absolute atomic E-state index is 14.2. The second kappa shape index (κ2) is 9.52. The molecule has 1 aromatic carbocycles. The van der Waals surface area contributed by atoms with Crippen molar-refractivity contribution in [3.05, 3.63) is 57.9 Å². The van der Waals surface area contributed by atoms with Crippen LogP contribution < -0.4 is 9.04 Å². The standard InChI is InChI=1S/C22H23FN4O4S2/c1-14(23)10-27(33(29,30)22-24-15(2)13-32-22)20-8-16-4-3-5-17(16)9-21(20)31-12-19-7-6-18(11-28)25-26-19/h6-9,11,13-14H,3-5,10,12H2,1-2H3/t14-/m0/s1. The van der Waals surface area contributed by atoms with E-state index in [-0.39, 0.29) is 28.9 Å². The van der Waals surface area contributed by atoms with E-state index in [4.69, 9.17) is 4.74 Å². The van der Waals surface area contributed by atoms with Crippen LogP contribution in [-0.4, -0.2) is 42.6 Å². The highest BCUT2D eigenvalue weighted by atomic mass is 32.2. The summed E-state index contributed by atoms with van der Waals surface area (Å²) in [6.45, 7) is 2.66. The van der Waals surface area contributed by atoms with Gasteiger partial charge in [0.2, 0.25) is 4.34 Å². The number of anilines is 1.